The number of carbonyl (C=O) groups excluding carboxylic acids is 1. The van der Waals surface area contributed by atoms with Crippen LogP contribution in [0.5, 0.6) is 17.2 Å². The Morgan fingerprint density at radius 1 is 1.00 bits per heavy atom. The third kappa shape index (κ3) is 7.48. The molecule has 12 nitrogen and oxygen atoms in total. The van der Waals surface area contributed by atoms with Gasteiger partial charge >= 0.3 is 7.60 Å². The van der Waals surface area contributed by atoms with Gasteiger partial charge in [0.1, 0.15) is 40.4 Å². The second kappa shape index (κ2) is 14.8. The standard InChI is InChI=1S/C37H39N6O6PS/c1-5-47-50(45,48-6-2)22-34(44)42-16-15-30-33(21-42)51-37-35(30)36(38-23-39-37)41-27-10-14-32(24(3)17-27)49-29-13-9-26-19-40-43(31(26)18-29)20-25-7-11-28(46-4)12-8-25/h7-14,17-19,23H,5-6,15-16,20-22H2,1-4H3,(H,38,39,41). The lowest BCUT2D eigenvalue weighted by molar-refractivity contribution is -0.129. The summed E-state index contributed by atoms with van der Waals surface area (Å²) in [6.07, 6.45) is 3.77. The smallest absolute Gasteiger partial charge is 0.340 e. The van der Waals surface area contributed by atoms with Gasteiger partial charge in [0.25, 0.3) is 0 Å². The van der Waals surface area contributed by atoms with Crippen molar-refractivity contribution in [2.75, 3.05) is 38.3 Å². The van der Waals surface area contributed by atoms with E-state index in [1.165, 1.54) is 0 Å². The van der Waals surface area contributed by atoms with Crippen LogP contribution >= 0.6 is 18.9 Å². The summed E-state index contributed by atoms with van der Waals surface area (Å²) in [6.45, 7) is 7.44. The Balaban J connectivity index is 1.06. The van der Waals surface area contributed by atoms with Gasteiger partial charge in [-0.15, -0.1) is 11.3 Å². The summed E-state index contributed by atoms with van der Waals surface area (Å²) >= 11 is 1.55. The van der Waals surface area contributed by atoms with Crippen molar-refractivity contribution >= 4 is 57.5 Å². The number of rotatable bonds is 13. The van der Waals surface area contributed by atoms with Crippen LogP contribution in [0.3, 0.4) is 0 Å². The molecule has 1 N–H and O–H groups in total. The molecule has 6 aromatic rings. The van der Waals surface area contributed by atoms with Crippen LogP contribution in [-0.4, -0.2) is 63.6 Å². The highest BCUT2D eigenvalue weighted by Crippen LogP contribution is 2.48. The number of amides is 1. The van der Waals surface area contributed by atoms with Gasteiger partial charge < -0.3 is 28.7 Å². The van der Waals surface area contributed by atoms with Crippen molar-refractivity contribution in [3.05, 3.63) is 94.8 Å². The quantitative estimate of drug-likeness (QED) is 0.117. The molecular formula is C37H39N6O6PS. The predicted octanol–water partition coefficient (Wildman–Crippen LogP) is 8.09. The van der Waals surface area contributed by atoms with Crippen molar-refractivity contribution in [1.82, 2.24) is 24.6 Å². The summed E-state index contributed by atoms with van der Waals surface area (Å²) in [5.74, 6) is 2.74. The topological polar surface area (TPSA) is 130 Å². The van der Waals surface area contributed by atoms with Crippen molar-refractivity contribution in [3.63, 3.8) is 0 Å². The molecule has 0 fully saturated rings. The van der Waals surface area contributed by atoms with Crippen molar-refractivity contribution < 1.29 is 27.9 Å². The van der Waals surface area contributed by atoms with Gasteiger partial charge in [0.05, 0.1) is 50.5 Å². The molecule has 7 rings (SSSR count). The maximum absolute atomic E-state index is 13.2. The molecule has 0 atom stereocenters. The highest BCUT2D eigenvalue weighted by Gasteiger charge is 2.33. The number of hydrogen-bond acceptors (Lipinski definition) is 11. The summed E-state index contributed by atoms with van der Waals surface area (Å²) in [7, 11) is -1.83. The van der Waals surface area contributed by atoms with E-state index in [4.69, 9.17) is 18.5 Å². The van der Waals surface area contributed by atoms with Crippen molar-refractivity contribution in [2.24, 2.45) is 0 Å². The number of nitrogens with zero attached hydrogens (tertiary/aromatic N) is 5. The van der Waals surface area contributed by atoms with Gasteiger partial charge in [-0.1, -0.05) is 12.1 Å². The highest BCUT2D eigenvalue weighted by atomic mass is 32.1. The molecule has 0 saturated heterocycles. The third-order valence-corrected chi connectivity index (χ3v) is 11.8. The molecule has 264 valence electrons. The molecule has 3 aromatic carbocycles. The lowest BCUT2D eigenvalue weighted by Gasteiger charge is -2.28. The van der Waals surface area contributed by atoms with Gasteiger partial charge in [-0.2, -0.15) is 5.10 Å². The average Bonchev–Trinajstić information content (AvgIpc) is 3.70. The number of aromatic nitrogens is 4. The number of thiophene rings is 1. The van der Waals surface area contributed by atoms with Gasteiger partial charge in [0, 0.05) is 28.6 Å². The molecule has 0 spiro atoms. The van der Waals surface area contributed by atoms with Gasteiger partial charge in [-0.3, -0.25) is 14.0 Å². The molecule has 51 heavy (non-hydrogen) atoms. The normalized spacial score (nSPS) is 13.1. The van der Waals surface area contributed by atoms with Crippen LogP contribution in [0.15, 0.2) is 73.2 Å². The molecule has 1 amide bonds. The van der Waals surface area contributed by atoms with Crippen LogP contribution in [0.25, 0.3) is 21.1 Å². The van der Waals surface area contributed by atoms with Crippen LogP contribution in [0.4, 0.5) is 11.5 Å². The monoisotopic (exact) mass is 726 g/mol. The number of anilines is 2. The average molecular weight is 727 g/mol. The van der Waals surface area contributed by atoms with E-state index in [0.29, 0.717) is 31.9 Å². The van der Waals surface area contributed by atoms with Crippen LogP contribution < -0.4 is 14.8 Å². The molecule has 0 bridgehead atoms. The first-order valence-corrected chi connectivity index (χ1v) is 19.4. The zero-order chi connectivity index (χ0) is 35.5. The Bertz CT molecular complexity index is 2240. The Hall–Kier alpha value is -4.81. The number of carbonyl (C=O) groups is 1. The van der Waals surface area contributed by atoms with Crippen molar-refractivity contribution in [2.45, 2.75) is 40.3 Å². The van der Waals surface area contributed by atoms with E-state index < -0.39 is 7.60 Å². The maximum atomic E-state index is 13.2. The van der Waals surface area contributed by atoms with E-state index in [9.17, 15) is 9.36 Å². The first-order valence-electron chi connectivity index (χ1n) is 16.8. The van der Waals surface area contributed by atoms with Crippen LogP contribution in [-0.2, 0) is 37.9 Å². The molecular weight excluding hydrogens is 687 g/mol. The zero-order valence-corrected chi connectivity index (χ0v) is 30.6. The molecule has 1 aliphatic heterocycles. The lowest BCUT2D eigenvalue weighted by Crippen LogP contribution is -2.37. The first-order chi connectivity index (χ1) is 24.8. The van der Waals surface area contributed by atoms with E-state index in [1.54, 1.807) is 43.5 Å². The molecule has 0 radical (unpaired) electrons. The molecule has 14 heteroatoms. The third-order valence-electron chi connectivity index (χ3n) is 8.74. The van der Waals surface area contributed by atoms with Crippen molar-refractivity contribution in [3.8, 4) is 17.2 Å². The number of benzene rings is 3. The van der Waals surface area contributed by atoms with E-state index in [2.05, 4.69) is 20.4 Å². The summed E-state index contributed by atoms with van der Waals surface area (Å²) in [6, 6.07) is 19.9. The first kappa shape index (κ1) is 34.6. The number of aryl methyl sites for hydroxylation is 1. The second-order valence-electron chi connectivity index (χ2n) is 12.2. The minimum absolute atomic E-state index is 0.213. The number of methoxy groups -OCH3 is 1. The van der Waals surface area contributed by atoms with Crippen LogP contribution in [0.2, 0.25) is 0 Å². The van der Waals surface area contributed by atoms with Gasteiger partial charge in [0.2, 0.25) is 5.91 Å². The SMILES string of the molecule is CCOP(=O)(CC(=O)N1CCc2c(sc3ncnc(Nc4ccc(Oc5ccc6cnn(Cc7ccc(OC)cc7)c6c5)c(C)c4)c23)C1)OCC. The zero-order valence-electron chi connectivity index (χ0n) is 28.9. The highest BCUT2D eigenvalue weighted by molar-refractivity contribution is 7.54. The van der Waals surface area contributed by atoms with Gasteiger partial charge in [0.15, 0.2) is 0 Å². The molecule has 0 saturated carbocycles. The fraction of sp³-hybridized carbons (Fsp3) is 0.297. The second-order valence-corrected chi connectivity index (χ2v) is 15.3. The molecule has 0 unspecified atom stereocenters. The predicted molar refractivity (Wildman–Crippen MR) is 199 cm³/mol. The van der Waals surface area contributed by atoms with Crippen LogP contribution in [0.1, 0.15) is 35.4 Å². The minimum Gasteiger partial charge on any atom is -0.497 e. The van der Waals surface area contributed by atoms with Gasteiger partial charge in [-0.05, 0) is 86.3 Å². The summed E-state index contributed by atoms with van der Waals surface area (Å²) < 4.78 is 37.3. The van der Waals surface area contributed by atoms with E-state index in [0.717, 1.165) is 65.6 Å². The number of nitrogens with one attached hydrogen (secondary N) is 1. The molecule has 4 heterocycles. The van der Waals surface area contributed by atoms with Gasteiger partial charge in [-0.25, -0.2) is 9.97 Å². The maximum Gasteiger partial charge on any atom is 0.340 e. The number of ether oxygens (including phenoxy) is 2. The largest absolute Gasteiger partial charge is 0.497 e. The van der Waals surface area contributed by atoms with Crippen molar-refractivity contribution in [1.29, 1.82) is 0 Å². The molecule has 0 aliphatic carbocycles. The fourth-order valence-corrected chi connectivity index (χ4v) is 9.05. The van der Waals surface area contributed by atoms with E-state index in [-0.39, 0.29) is 25.3 Å². The van der Waals surface area contributed by atoms with E-state index in [1.807, 2.05) is 78.5 Å². The summed E-state index contributed by atoms with van der Waals surface area (Å²) in [4.78, 5) is 25.9. The Morgan fingerprint density at radius 2 is 1.78 bits per heavy atom. The molecule has 1 aliphatic rings. The Kier molecular flexibility index (Phi) is 10.1. The Labute approximate surface area is 299 Å². The minimum atomic E-state index is -3.49. The summed E-state index contributed by atoms with van der Waals surface area (Å²) in [5.41, 5.74) is 5.04. The Morgan fingerprint density at radius 3 is 2.53 bits per heavy atom. The lowest BCUT2D eigenvalue weighted by atomic mass is 10.0. The summed E-state index contributed by atoms with van der Waals surface area (Å²) in [5, 5.41) is 10.1. The molecule has 3 aromatic heterocycles. The number of fused-ring (bicyclic) bond motifs is 4. The van der Waals surface area contributed by atoms with Crippen LogP contribution in [0, 0.1) is 6.92 Å². The van der Waals surface area contributed by atoms with E-state index >= 15 is 0 Å². The fourth-order valence-electron chi connectivity index (χ4n) is 6.27. The number of hydrogen-bond donors (Lipinski definition) is 1.